The molecule has 1 heterocycles. The fourth-order valence-corrected chi connectivity index (χ4v) is 1.68. The maximum Gasteiger partial charge on any atom is 0.413 e. The molecule has 0 aromatic carbocycles. The van der Waals surface area contributed by atoms with Crippen LogP contribution in [0.2, 0.25) is 0 Å². The van der Waals surface area contributed by atoms with Crippen LogP contribution in [-0.4, -0.2) is 35.3 Å². The van der Waals surface area contributed by atoms with Crippen molar-refractivity contribution in [3.05, 3.63) is 0 Å². The van der Waals surface area contributed by atoms with Crippen LogP contribution in [0.4, 0.5) is 4.79 Å². The summed E-state index contributed by atoms with van der Waals surface area (Å²) in [6, 6.07) is -0.519. The van der Waals surface area contributed by atoms with E-state index in [-0.39, 0.29) is 18.6 Å². The number of ether oxygens (including phenoxy) is 2. The number of rotatable bonds is 2. The van der Waals surface area contributed by atoms with Crippen molar-refractivity contribution in [3.63, 3.8) is 0 Å². The minimum Gasteiger partial charge on any atom is -0.444 e. The maximum absolute atomic E-state index is 11.9. The quantitative estimate of drug-likeness (QED) is 0.697. The molecule has 17 heavy (non-hydrogen) atoms. The van der Waals surface area contributed by atoms with Crippen molar-refractivity contribution in [1.29, 1.82) is 0 Å². The standard InChI is InChI=1S/C12H21NO4/c1-6-8(2)9-10(14)16-7-13(9)11(15)17-12(3,4)5/h8-9H,6-7H2,1-5H3. The molecule has 1 aliphatic rings. The normalized spacial score (nSPS) is 22.3. The van der Waals surface area contributed by atoms with Gasteiger partial charge in [-0.15, -0.1) is 0 Å². The molecule has 2 atom stereocenters. The van der Waals surface area contributed by atoms with Gasteiger partial charge in [-0.05, 0) is 26.7 Å². The van der Waals surface area contributed by atoms with E-state index >= 15 is 0 Å². The predicted octanol–water partition coefficient (Wildman–Crippen LogP) is 2.15. The average Bonchev–Trinajstić information content (AvgIpc) is 2.56. The Labute approximate surface area is 102 Å². The fourth-order valence-electron chi connectivity index (χ4n) is 1.68. The maximum atomic E-state index is 11.9. The van der Waals surface area contributed by atoms with Gasteiger partial charge in [0.25, 0.3) is 0 Å². The summed E-state index contributed by atoms with van der Waals surface area (Å²) in [7, 11) is 0. The number of carbonyl (C=O) groups is 2. The fraction of sp³-hybridized carbons (Fsp3) is 0.833. The van der Waals surface area contributed by atoms with Gasteiger partial charge in [0.15, 0.2) is 6.73 Å². The number of esters is 1. The highest BCUT2D eigenvalue weighted by atomic mass is 16.6. The predicted molar refractivity (Wildman–Crippen MR) is 62.3 cm³/mol. The van der Waals surface area contributed by atoms with Gasteiger partial charge in [0, 0.05) is 0 Å². The lowest BCUT2D eigenvalue weighted by Crippen LogP contribution is -2.44. The topological polar surface area (TPSA) is 55.8 Å². The van der Waals surface area contributed by atoms with Crippen LogP contribution >= 0.6 is 0 Å². The zero-order valence-electron chi connectivity index (χ0n) is 11.1. The third kappa shape index (κ3) is 3.35. The van der Waals surface area contributed by atoms with Crippen LogP contribution in [0.3, 0.4) is 0 Å². The number of nitrogens with zero attached hydrogens (tertiary/aromatic N) is 1. The molecule has 0 N–H and O–H groups in total. The van der Waals surface area contributed by atoms with E-state index in [1.807, 2.05) is 13.8 Å². The molecule has 0 spiro atoms. The SMILES string of the molecule is CCC(C)C1C(=O)OCN1C(=O)OC(C)(C)C. The van der Waals surface area contributed by atoms with Crippen molar-refractivity contribution in [1.82, 2.24) is 4.90 Å². The van der Waals surface area contributed by atoms with E-state index in [1.54, 1.807) is 20.8 Å². The van der Waals surface area contributed by atoms with Gasteiger partial charge in [-0.1, -0.05) is 20.3 Å². The minimum atomic E-state index is -0.567. The molecular formula is C12H21NO4. The molecule has 0 radical (unpaired) electrons. The molecule has 0 bridgehead atoms. The molecule has 2 unspecified atom stereocenters. The first-order chi connectivity index (χ1) is 7.76. The Hall–Kier alpha value is -1.26. The highest BCUT2D eigenvalue weighted by Crippen LogP contribution is 2.23. The third-order valence-electron chi connectivity index (χ3n) is 2.73. The van der Waals surface area contributed by atoms with Crippen molar-refractivity contribution in [2.24, 2.45) is 5.92 Å². The van der Waals surface area contributed by atoms with Gasteiger partial charge in [0.05, 0.1) is 0 Å². The molecule has 0 aliphatic carbocycles. The van der Waals surface area contributed by atoms with Gasteiger partial charge in [-0.2, -0.15) is 0 Å². The van der Waals surface area contributed by atoms with E-state index in [9.17, 15) is 9.59 Å². The minimum absolute atomic E-state index is 0.0112. The summed E-state index contributed by atoms with van der Waals surface area (Å²) in [5.41, 5.74) is -0.567. The summed E-state index contributed by atoms with van der Waals surface area (Å²) in [5.74, 6) is -0.275. The van der Waals surface area contributed by atoms with Gasteiger partial charge in [-0.25, -0.2) is 9.59 Å². The Bertz CT molecular complexity index is 308. The highest BCUT2D eigenvalue weighted by molar-refractivity contribution is 5.84. The van der Waals surface area contributed by atoms with Gasteiger partial charge in [-0.3, -0.25) is 4.90 Å². The van der Waals surface area contributed by atoms with Crippen LogP contribution in [0.15, 0.2) is 0 Å². The zero-order chi connectivity index (χ0) is 13.2. The van der Waals surface area contributed by atoms with E-state index in [2.05, 4.69) is 0 Å². The molecule has 5 heteroatoms. The van der Waals surface area contributed by atoms with Crippen molar-refractivity contribution < 1.29 is 19.1 Å². The van der Waals surface area contributed by atoms with Crippen molar-refractivity contribution in [3.8, 4) is 0 Å². The number of cyclic esters (lactones) is 1. The van der Waals surface area contributed by atoms with Gasteiger partial charge < -0.3 is 9.47 Å². The molecule has 98 valence electrons. The van der Waals surface area contributed by atoms with Gasteiger partial charge >= 0.3 is 12.1 Å². The molecular weight excluding hydrogens is 222 g/mol. The summed E-state index contributed by atoms with van der Waals surface area (Å²) in [6.45, 7) is 9.27. The Kier molecular flexibility index (Phi) is 4.01. The molecule has 1 aliphatic heterocycles. The Balaban J connectivity index is 2.76. The lowest BCUT2D eigenvalue weighted by Gasteiger charge is -2.27. The molecule has 1 rings (SSSR count). The van der Waals surface area contributed by atoms with Crippen molar-refractivity contribution in [2.45, 2.75) is 52.7 Å². The second-order valence-corrected chi connectivity index (χ2v) is 5.37. The van der Waals surface area contributed by atoms with Crippen LogP contribution in [0.25, 0.3) is 0 Å². The lowest BCUT2D eigenvalue weighted by atomic mass is 9.99. The summed E-state index contributed by atoms with van der Waals surface area (Å²) >= 11 is 0. The molecule has 5 nitrogen and oxygen atoms in total. The molecule has 0 saturated carbocycles. The molecule has 0 aromatic heterocycles. The number of carbonyl (C=O) groups excluding carboxylic acids is 2. The number of amides is 1. The lowest BCUT2D eigenvalue weighted by molar-refractivity contribution is -0.140. The van der Waals surface area contributed by atoms with Gasteiger partial charge in [0.2, 0.25) is 0 Å². The van der Waals surface area contributed by atoms with Crippen molar-refractivity contribution in [2.75, 3.05) is 6.73 Å². The molecule has 0 aromatic rings. The number of hydrogen-bond acceptors (Lipinski definition) is 4. The van der Waals surface area contributed by atoms with Gasteiger partial charge in [0.1, 0.15) is 11.6 Å². The van der Waals surface area contributed by atoms with E-state index in [1.165, 1.54) is 4.90 Å². The highest BCUT2D eigenvalue weighted by Gasteiger charge is 2.42. The van der Waals surface area contributed by atoms with Crippen molar-refractivity contribution >= 4 is 12.1 Å². The Morgan fingerprint density at radius 2 is 2.18 bits per heavy atom. The largest absolute Gasteiger partial charge is 0.444 e. The molecule has 1 amide bonds. The summed E-state index contributed by atoms with van der Waals surface area (Å²) in [4.78, 5) is 24.9. The second kappa shape index (κ2) is 4.94. The summed E-state index contributed by atoms with van der Waals surface area (Å²) in [6.07, 6.45) is 0.313. The summed E-state index contributed by atoms with van der Waals surface area (Å²) < 4.78 is 10.2. The van der Waals surface area contributed by atoms with E-state index in [4.69, 9.17) is 9.47 Å². The Morgan fingerprint density at radius 3 is 2.65 bits per heavy atom. The number of hydrogen-bond donors (Lipinski definition) is 0. The van der Waals surface area contributed by atoms with Crippen LogP contribution in [0, 0.1) is 5.92 Å². The monoisotopic (exact) mass is 243 g/mol. The molecule has 1 saturated heterocycles. The van der Waals surface area contributed by atoms with E-state index in [0.717, 1.165) is 6.42 Å². The Morgan fingerprint density at radius 1 is 1.59 bits per heavy atom. The smallest absolute Gasteiger partial charge is 0.413 e. The van der Waals surface area contributed by atoms with E-state index in [0.29, 0.717) is 0 Å². The van der Waals surface area contributed by atoms with Crippen LogP contribution in [0.5, 0.6) is 0 Å². The van der Waals surface area contributed by atoms with E-state index < -0.39 is 17.7 Å². The molecule has 1 fully saturated rings. The first-order valence-electron chi connectivity index (χ1n) is 5.92. The van der Waals surface area contributed by atoms with Crippen LogP contribution in [0.1, 0.15) is 41.0 Å². The zero-order valence-corrected chi connectivity index (χ0v) is 11.1. The first-order valence-corrected chi connectivity index (χ1v) is 5.92. The van der Waals surface area contributed by atoms with Crippen LogP contribution < -0.4 is 0 Å². The third-order valence-corrected chi connectivity index (χ3v) is 2.73. The first kappa shape index (κ1) is 13.8. The second-order valence-electron chi connectivity index (χ2n) is 5.37. The average molecular weight is 243 g/mol. The summed E-state index contributed by atoms with van der Waals surface area (Å²) in [5, 5.41) is 0. The van der Waals surface area contributed by atoms with Crippen LogP contribution in [-0.2, 0) is 14.3 Å².